The van der Waals surface area contributed by atoms with Gasteiger partial charge in [0.15, 0.2) is 0 Å². The van der Waals surface area contributed by atoms with Crippen molar-refractivity contribution in [2.75, 3.05) is 0 Å². The molecule has 0 aliphatic carbocycles. The van der Waals surface area contributed by atoms with Crippen LogP contribution in [-0.4, -0.2) is 0 Å². The summed E-state index contributed by atoms with van der Waals surface area (Å²) >= 11 is 0. The quantitative estimate of drug-likeness (QED) is 0.888. The summed E-state index contributed by atoms with van der Waals surface area (Å²) in [6.07, 6.45) is 0. The third-order valence-electron chi connectivity index (χ3n) is 2.69. The second kappa shape index (κ2) is 5.19. The van der Waals surface area contributed by atoms with E-state index in [0.717, 1.165) is 5.56 Å². The van der Waals surface area contributed by atoms with Crippen LogP contribution < -0.4 is 10.5 Å². The first-order chi connectivity index (χ1) is 8.58. The highest BCUT2D eigenvalue weighted by Gasteiger charge is 2.14. The highest BCUT2D eigenvalue weighted by Crippen LogP contribution is 2.30. The standard InChI is InChI=1S/C15H16FNO/c1-10-5-3-6-12(9-10)18-14-8-4-7-13(16)15(14)11(2)17/h3-9,11H,17H2,1-2H3/t11-/m0/s1. The molecule has 2 aromatic carbocycles. The third-order valence-corrected chi connectivity index (χ3v) is 2.69. The molecule has 2 N–H and O–H groups in total. The molecule has 0 aliphatic rings. The van der Waals surface area contributed by atoms with Crippen molar-refractivity contribution in [2.45, 2.75) is 19.9 Å². The second-order valence-electron chi connectivity index (χ2n) is 4.36. The first kappa shape index (κ1) is 12.6. The first-order valence-corrected chi connectivity index (χ1v) is 5.86. The average molecular weight is 245 g/mol. The van der Waals surface area contributed by atoms with Gasteiger partial charge in [0.25, 0.3) is 0 Å². The number of ether oxygens (including phenoxy) is 1. The van der Waals surface area contributed by atoms with E-state index in [4.69, 9.17) is 10.5 Å². The average Bonchev–Trinajstić information content (AvgIpc) is 2.28. The number of aryl methyl sites for hydroxylation is 1. The van der Waals surface area contributed by atoms with E-state index in [-0.39, 0.29) is 5.82 Å². The van der Waals surface area contributed by atoms with Crippen LogP contribution in [0.1, 0.15) is 24.1 Å². The molecule has 0 spiro atoms. The van der Waals surface area contributed by atoms with Crippen LogP contribution in [0.2, 0.25) is 0 Å². The summed E-state index contributed by atoms with van der Waals surface area (Å²) in [6.45, 7) is 3.71. The summed E-state index contributed by atoms with van der Waals surface area (Å²) < 4.78 is 19.4. The van der Waals surface area contributed by atoms with Crippen molar-refractivity contribution in [1.82, 2.24) is 0 Å². The Bertz CT molecular complexity index is 552. The van der Waals surface area contributed by atoms with E-state index in [2.05, 4.69) is 0 Å². The van der Waals surface area contributed by atoms with Crippen molar-refractivity contribution in [3.63, 3.8) is 0 Å². The fourth-order valence-corrected chi connectivity index (χ4v) is 1.85. The SMILES string of the molecule is Cc1cccc(Oc2cccc(F)c2[C@H](C)N)c1. The molecule has 0 fully saturated rings. The lowest BCUT2D eigenvalue weighted by Crippen LogP contribution is -2.09. The van der Waals surface area contributed by atoms with Crippen molar-refractivity contribution in [3.05, 3.63) is 59.4 Å². The van der Waals surface area contributed by atoms with Crippen LogP contribution in [-0.2, 0) is 0 Å². The second-order valence-corrected chi connectivity index (χ2v) is 4.36. The predicted octanol–water partition coefficient (Wildman–Crippen LogP) is 3.95. The molecule has 2 nitrogen and oxygen atoms in total. The number of benzene rings is 2. The molecule has 0 saturated heterocycles. The van der Waals surface area contributed by atoms with Crippen LogP contribution in [0, 0.1) is 12.7 Å². The number of nitrogens with two attached hydrogens (primary N) is 1. The minimum Gasteiger partial charge on any atom is -0.457 e. The summed E-state index contributed by atoms with van der Waals surface area (Å²) in [7, 11) is 0. The fraction of sp³-hybridized carbons (Fsp3) is 0.200. The number of halogens is 1. The Morgan fingerprint density at radius 2 is 1.89 bits per heavy atom. The zero-order chi connectivity index (χ0) is 13.1. The van der Waals surface area contributed by atoms with E-state index in [1.807, 2.05) is 31.2 Å². The maximum Gasteiger partial charge on any atom is 0.135 e. The molecule has 18 heavy (non-hydrogen) atoms. The summed E-state index contributed by atoms with van der Waals surface area (Å²) in [5.41, 5.74) is 7.27. The normalized spacial score (nSPS) is 12.2. The van der Waals surface area contributed by atoms with E-state index in [1.54, 1.807) is 19.1 Å². The van der Waals surface area contributed by atoms with Crippen LogP contribution in [0.15, 0.2) is 42.5 Å². The Kier molecular flexibility index (Phi) is 3.63. The summed E-state index contributed by atoms with van der Waals surface area (Å²) in [5, 5.41) is 0. The van der Waals surface area contributed by atoms with Gasteiger partial charge < -0.3 is 10.5 Å². The summed E-state index contributed by atoms with van der Waals surface area (Å²) in [4.78, 5) is 0. The third kappa shape index (κ3) is 2.68. The Hall–Kier alpha value is -1.87. The Balaban J connectivity index is 2.37. The predicted molar refractivity (Wildman–Crippen MR) is 70.3 cm³/mol. The van der Waals surface area contributed by atoms with E-state index in [0.29, 0.717) is 17.1 Å². The van der Waals surface area contributed by atoms with Gasteiger partial charge >= 0.3 is 0 Å². The number of rotatable bonds is 3. The van der Waals surface area contributed by atoms with E-state index in [9.17, 15) is 4.39 Å². The highest BCUT2D eigenvalue weighted by molar-refractivity contribution is 5.41. The minimum absolute atomic E-state index is 0.338. The zero-order valence-electron chi connectivity index (χ0n) is 10.5. The molecule has 0 aliphatic heterocycles. The van der Waals surface area contributed by atoms with Gasteiger partial charge in [-0.2, -0.15) is 0 Å². The van der Waals surface area contributed by atoms with Crippen LogP contribution >= 0.6 is 0 Å². The van der Waals surface area contributed by atoms with Gasteiger partial charge in [0.05, 0.1) is 0 Å². The molecule has 0 unspecified atom stereocenters. The number of hydrogen-bond acceptors (Lipinski definition) is 2. The first-order valence-electron chi connectivity index (χ1n) is 5.86. The van der Waals surface area contributed by atoms with Gasteiger partial charge in [-0.25, -0.2) is 4.39 Å². The van der Waals surface area contributed by atoms with Crippen LogP contribution in [0.4, 0.5) is 4.39 Å². The molecule has 0 bridgehead atoms. The molecular weight excluding hydrogens is 229 g/mol. The van der Waals surface area contributed by atoms with Crippen molar-refractivity contribution in [2.24, 2.45) is 5.73 Å². The largest absolute Gasteiger partial charge is 0.457 e. The molecule has 1 atom stereocenters. The molecule has 0 amide bonds. The van der Waals surface area contributed by atoms with E-state index >= 15 is 0 Å². The summed E-state index contributed by atoms with van der Waals surface area (Å²) in [6, 6.07) is 11.9. The molecule has 94 valence electrons. The fourth-order valence-electron chi connectivity index (χ4n) is 1.85. The Labute approximate surface area is 106 Å². The van der Waals surface area contributed by atoms with Gasteiger partial charge in [0.1, 0.15) is 17.3 Å². The topological polar surface area (TPSA) is 35.2 Å². The van der Waals surface area contributed by atoms with Gasteiger partial charge in [-0.1, -0.05) is 18.2 Å². The van der Waals surface area contributed by atoms with Crippen LogP contribution in [0.5, 0.6) is 11.5 Å². The van der Waals surface area contributed by atoms with Gasteiger partial charge in [-0.3, -0.25) is 0 Å². The molecule has 2 rings (SSSR count). The molecule has 0 radical (unpaired) electrons. The smallest absolute Gasteiger partial charge is 0.135 e. The van der Waals surface area contributed by atoms with Crippen molar-refractivity contribution >= 4 is 0 Å². The van der Waals surface area contributed by atoms with Gasteiger partial charge in [0, 0.05) is 11.6 Å². The lowest BCUT2D eigenvalue weighted by Gasteiger charge is -2.14. The Morgan fingerprint density at radius 1 is 1.17 bits per heavy atom. The van der Waals surface area contributed by atoms with Crippen LogP contribution in [0.25, 0.3) is 0 Å². The van der Waals surface area contributed by atoms with Crippen molar-refractivity contribution in [1.29, 1.82) is 0 Å². The monoisotopic (exact) mass is 245 g/mol. The molecule has 3 heteroatoms. The molecule has 0 heterocycles. The van der Waals surface area contributed by atoms with Gasteiger partial charge in [-0.05, 0) is 43.7 Å². The van der Waals surface area contributed by atoms with E-state index in [1.165, 1.54) is 6.07 Å². The highest BCUT2D eigenvalue weighted by atomic mass is 19.1. The molecule has 0 saturated carbocycles. The van der Waals surface area contributed by atoms with Crippen LogP contribution in [0.3, 0.4) is 0 Å². The molecule has 2 aromatic rings. The lowest BCUT2D eigenvalue weighted by atomic mass is 10.1. The molecular formula is C15H16FNO. The lowest BCUT2D eigenvalue weighted by molar-refractivity contribution is 0.460. The van der Waals surface area contributed by atoms with E-state index < -0.39 is 6.04 Å². The maximum absolute atomic E-state index is 13.7. The minimum atomic E-state index is -0.411. The number of hydrogen-bond donors (Lipinski definition) is 1. The van der Waals surface area contributed by atoms with Gasteiger partial charge in [0.2, 0.25) is 0 Å². The van der Waals surface area contributed by atoms with Crippen molar-refractivity contribution < 1.29 is 9.13 Å². The maximum atomic E-state index is 13.7. The molecule has 0 aromatic heterocycles. The Morgan fingerprint density at radius 3 is 2.56 bits per heavy atom. The van der Waals surface area contributed by atoms with Gasteiger partial charge in [-0.15, -0.1) is 0 Å². The van der Waals surface area contributed by atoms with Crippen molar-refractivity contribution in [3.8, 4) is 11.5 Å². The zero-order valence-corrected chi connectivity index (χ0v) is 10.5. The summed E-state index contributed by atoms with van der Waals surface area (Å²) in [5.74, 6) is 0.813.